The first-order valence-electron chi connectivity index (χ1n) is 22.2. The lowest BCUT2D eigenvalue weighted by molar-refractivity contribution is -0.941. The molecular formula is C52H66Cl2N2O12. The van der Waals surface area contributed by atoms with Crippen LogP contribution in [-0.2, 0) is 33.6 Å². The zero-order chi connectivity index (χ0) is 47.6. The molecule has 0 amide bonds. The second-order valence-electron chi connectivity index (χ2n) is 17.2. The predicted molar refractivity (Wildman–Crippen MR) is 250 cm³/mol. The molecule has 370 valence electrons. The topological polar surface area (TPSA) is 126 Å². The molecule has 4 aromatic carbocycles. The summed E-state index contributed by atoms with van der Waals surface area (Å²) in [4.78, 5) is 26.0. The maximum Gasteiger partial charge on any atom is 0.384 e. The van der Waals surface area contributed by atoms with E-state index in [1.807, 2.05) is 30.3 Å². The maximum absolute atomic E-state index is 13.1. The molecule has 0 fully saturated rings. The van der Waals surface area contributed by atoms with Gasteiger partial charge in [0, 0.05) is 55.6 Å². The van der Waals surface area contributed by atoms with Gasteiger partial charge in [-0.15, -0.1) is 0 Å². The summed E-state index contributed by atoms with van der Waals surface area (Å²) in [6.07, 6.45) is 3.60. The maximum atomic E-state index is 13.1. The first-order chi connectivity index (χ1) is 31.8. The van der Waals surface area contributed by atoms with E-state index in [9.17, 15) is 9.59 Å². The predicted octanol–water partition coefficient (Wildman–Crippen LogP) is 1.14. The number of quaternary nitrogens is 2. The Morgan fingerprint density at radius 1 is 0.574 bits per heavy atom. The van der Waals surface area contributed by atoms with Gasteiger partial charge in [0.2, 0.25) is 11.5 Å². The van der Waals surface area contributed by atoms with E-state index >= 15 is 0 Å². The summed E-state index contributed by atoms with van der Waals surface area (Å²) in [6.45, 7) is 3.19. The van der Waals surface area contributed by atoms with E-state index in [4.69, 9.17) is 47.4 Å². The van der Waals surface area contributed by atoms with Crippen molar-refractivity contribution in [1.29, 1.82) is 0 Å². The minimum atomic E-state index is -0.722. The molecule has 0 radical (unpaired) electrons. The molecule has 68 heavy (non-hydrogen) atoms. The monoisotopic (exact) mass is 980 g/mol. The minimum absolute atomic E-state index is 0. The molecule has 0 spiro atoms. The molecule has 0 bridgehead atoms. The number of ketones is 1. The van der Waals surface area contributed by atoms with E-state index in [0.717, 1.165) is 53.7 Å². The molecule has 0 aliphatic carbocycles. The number of benzene rings is 4. The number of hydrogen-bond acceptors (Lipinski definition) is 12. The number of fused-ring (bicyclic) bond motifs is 2. The summed E-state index contributed by atoms with van der Waals surface area (Å²) in [5.41, 5.74) is 6.60. The largest absolute Gasteiger partial charge is 1.00 e. The molecule has 2 aliphatic heterocycles. The van der Waals surface area contributed by atoms with Crippen LogP contribution in [-0.4, -0.2) is 132 Å². The van der Waals surface area contributed by atoms with Gasteiger partial charge in [0.1, 0.15) is 12.1 Å². The molecule has 2 heterocycles. The lowest BCUT2D eigenvalue weighted by atomic mass is 9.85. The van der Waals surface area contributed by atoms with Gasteiger partial charge in [0.25, 0.3) is 0 Å². The molecule has 0 saturated carbocycles. The zero-order valence-electron chi connectivity index (χ0n) is 41.2. The average Bonchev–Trinajstić information content (AvgIpc) is 3.34. The number of ether oxygens (including phenoxy) is 10. The molecule has 2 aliphatic rings. The zero-order valence-corrected chi connectivity index (χ0v) is 42.7. The number of hydrogen-bond donors (Lipinski definition) is 0. The highest BCUT2D eigenvalue weighted by molar-refractivity contribution is 6.01. The quantitative estimate of drug-likeness (QED) is 0.0315. The highest BCUT2D eigenvalue weighted by atomic mass is 35.5. The Hall–Kier alpha value is -5.72. The molecular weight excluding hydrogens is 915 g/mol. The van der Waals surface area contributed by atoms with Crippen LogP contribution in [0, 0.1) is 11.8 Å². The van der Waals surface area contributed by atoms with E-state index in [0.29, 0.717) is 93.1 Å². The number of methoxy groups -OCH3 is 9. The minimum Gasteiger partial charge on any atom is -1.00 e. The van der Waals surface area contributed by atoms with Crippen LogP contribution in [0.15, 0.2) is 54.6 Å². The van der Waals surface area contributed by atoms with Crippen molar-refractivity contribution < 1.29 is 90.7 Å². The van der Waals surface area contributed by atoms with Gasteiger partial charge >= 0.3 is 5.97 Å². The van der Waals surface area contributed by atoms with E-state index < -0.39 is 5.97 Å². The lowest BCUT2D eigenvalue weighted by Gasteiger charge is -2.46. The Morgan fingerprint density at radius 2 is 1.12 bits per heavy atom. The summed E-state index contributed by atoms with van der Waals surface area (Å²) in [5, 5.41) is 0. The lowest BCUT2D eigenvalue weighted by Crippen LogP contribution is -3.00. The van der Waals surface area contributed by atoms with Crippen LogP contribution in [0.1, 0.15) is 64.7 Å². The average molecular weight is 982 g/mol. The fourth-order valence-corrected chi connectivity index (χ4v) is 9.93. The van der Waals surface area contributed by atoms with Crippen molar-refractivity contribution in [2.45, 2.75) is 50.6 Å². The van der Waals surface area contributed by atoms with Crippen LogP contribution in [0.25, 0.3) is 0 Å². The van der Waals surface area contributed by atoms with Crippen molar-refractivity contribution in [2.24, 2.45) is 0 Å². The Balaban J connectivity index is 0.00000504. The molecule has 16 heteroatoms. The molecule has 0 N–H and O–H groups in total. The van der Waals surface area contributed by atoms with Gasteiger partial charge < -0.3 is 81.1 Å². The van der Waals surface area contributed by atoms with Crippen LogP contribution < -0.4 is 67.4 Å². The first-order valence-corrected chi connectivity index (χ1v) is 22.2. The number of nitrogens with zero attached hydrogens (tertiary/aromatic N) is 2. The molecule has 4 unspecified atom stereocenters. The molecule has 0 saturated heterocycles. The number of Topliss-reactive ketones (excluding diaryl/α,β-unsaturated/α-hetero) is 1. The third kappa shape index (κ3) is 11.7. The van der Waals surface area contributed by atoms with Crippen LogP contribution >= 0.6 is 0 Å². The van der Waals surface area contributed by atoms with Gasteiger partial charge in [-0.2, -0.15) is 0 Å². The highest BCUT2D eigenvalue weighted by Crippen LogP contribution is 2.51. The Bertz CT molecular complexity index is 2460. The fraction of sp³-hybridized carbons (Fsp3) is 0.462. The van der Waals surface area contributed by atoms with Gasteiger partial charge in [-0.1, -0.05) is 6.07 Å². The highest BCUT2D eigenvalue weighted by Gasteiger charge is 2.44. The van der Waals surface area contributed by atoms with E-state index in [-0.39, 0.29) is 55.7 Å². The third-order valence-corrected chi connectivity index (χ3v) is 13.4. The van der Waals surface area contributed by atoms with Crippen molar-refractivity contribution in [3.8, 4) is 63.6 Å². The van der Waals surface area contributed by atoms with Crippen molar-refractivity contribution in [1.82, 2.24) is 0 Å². The normalized spacial score (nSPS) is 18.9. The first kappa shape index (κ1) is 54.9. The Morgan fingerprint density at radius 3 is 1.75 bits per heavy atom. The van der Waals surface area contributed by atoms with Crippen molar-refractivity contribution in [2.75, 3.05) is 111 Å². The standard InChI is InChI=1S/C52H66N2O12.2ClH/c1-53(25-22-36-31-47(63-9)51(64-10)52(65-11)49(36)40(53)28-34-15-18-41(57-3)43(29-34)59-5)24-13-27-66-48(56)20-17-38(55)14-12-23-54(2)26-21-35-30-45(61-7)46(62-8)33-39(35)50(54)37-16-19-42(58-4)44(32-37)60-6;;/h15-16,18-19,29-33,40,50H,12-14,21-28H2,1-11H3;2*1H/q+2;;/p-2. The summed E-state index contributed by atoms with van der Waals surface area (Å²) in [6, 6.07) is 18.0. The summed E-state index contributed by atoms with van der Waals surface area (Å²) in [7, 11) is 19.1. The molecule has 4 aromatic rings. The Kier molecular flexibility index (Phi) is 19.8. The number of rotatable bonds is 20. The van der Waals surface area contributed by atoms with Crippen LogP contribution in [0.5, 0.6) is 51.7 Å². The van der Waals surface area contributed by atoms with Gasteiger partial charge in [-0.3, -0.25) is 4.79 Å². The van der Waals surface area contributed by atoms with Gasteiger partial charge in [-0.05, 0) is 71.1 Å². The van der Waals surface area contributed by atoms with Crippen LogP contribution in [0.3, 0.4) is 0 Å². The smallest absolute Gasteiger partial charge is 0.384 e. The summed E-state index contributed by atoms with van der Waals surface area (Å²) >= 11 is 0. The van der Waals surface area contributed by atoms with E-state index in [1.54, 1.807) is 64.0 Å². The molecule has 6 rings (SSSR count). The van der Waals surface area contributed by atoms with E-state index in [2.05, 4.69) is 50.2 Å². The fourth-order valence-electron chi connectivity index (χ4n) is 9.93. The number of likely N-dealkylation sites (N-methyl/N-ethyl adjacent to an activating group) is 2. The number of carbonyl (C=O) groups is 2. The third-order valence-electron chi connectivity index (χ3n) is 13.4. The van der Waals surface area contributed by atoms with Crippen LogP contribution in [0.2, 0.25) is 0 Å². The summed E-state index contributed by atoms with van der Waals surface area (Å²) in [5.74, 6) is 9.69. The number of esters is 1. The van der Waals surface area contributed by atoms with Crippen molar-refractivity contribution >= 4 is 11.8 Å². The van der Waals surface area contributed by atoms with Gasteiger partial charge in [-0.25, -0.2) is 4.79 Å². The second kappa shape index (κ2) is 24.5. The molecule has 0 aromatic heterocycles. The second-order valence-corrected chi connectivity index (χ2v) is 17.2. The van der Waals surface area contributed by atoms with Crippen LogP contribution in [0.4, 0.5) is 0 Å². The Labute approximate surface area is 414 Å². The van der Waals surface area contributed by atoms with E-state index in [1.165, 1.54) is 5.56 Å². The number of halogens is 2. The van der Waals surface area contributed by atoms with Crippen molar-refractivity contribution in [3.63, 3.8) is 0 Å². The van der Waals surface area contributed by atoms with Gasteiger partial charge in [0.05, 0.1) is 116 Å². The molecule has 4 atom stereocenters. The molecule has 14 nitrogen and oxygen atoms in total. The van der Waals surface area contributed by atoms with Crippen molar-refractivity contribution in [3.05, 3.63) is 88.0 Å². The summed E-state index contributed by atoms with van der Waals surface area (Å²) < 4.78 is 58.3. The SMILES string of the molecule is COc1ccc(CC2c3c(cc(OC)c(OC)c3OC)CC[N+]2(C)CCCOC(=O)C#CC(=O)CCC[N+]2(C)CCc3cc(OC)c(OC)cc3C2c2ccc(OC)c(OC)c2)cc1OC.[Cl-].[Cl-]. The van der Waals surface area contributed by atoms with Gasteiger partial charge in [0.15, 0.2) is 46.0 Å². The number of carbonyl (C=O) groups excluding carboxylic acids is 2.